The van der Waals surface area contributed by atoms with Crippen molar-refractivity contribution in [1.29, 1.82) is 0 Å². The molecule has 1 amide bonds. The highest BCUT2D eigenvalue weighted by molar-refractivity contribution is 5.81. The molecule has 2 unspecified atom stereocenters. The van der Waals surface area contributed by atoms with E-state index >= 15 is 0 Å². The van der Waals surface area contributed by atoms with E-state index in [0.717, 1.165) is 6.42 Å². The van der Waals surface area contributed by atoms with Crippen LogP contribution >= 0.6 is 0 Å². The minimum Gasteiger partial charge on any atom is -0.275 e. The summed E-state index contributed by atoms with van der Waals surface area (Å²) in [5.41, 5.74) is 2.51. The lowest BCUT2D eigenvalue weighted by atomic mass is 10.1. The van der Waals surface area contributed by atoms with Crippen LogP contribution < -0.4 is 0 Å². The van der Waals surface area contributed by atoms with Gasteiger partial charge in [0.15, 0.2) is 0 Å². The van der Waals surface area contributed by atoms with Gasteiger partial charge in [-0.25, -0.2) is 5.06 Å². The van der Waals surface area contributed by atoms with Crippen molar-refractivity contribution in [3.8, 4) is 0 Å². The minimum absolute atomic E-state index is 0.0769. The predicted octanol–water partition coefficient (Wildman–Crippen LogP) is 2.12. The Morgan fingerprint density at radius 3 is 2.56 bits per heavy atom. The highest BCUT2D eigenvalue weighted by Crippen LogP contribution is 2.48. The summed E-state index contributed by atoms with van der Waals surface area (Å²) in [6.45, 7) is 2.07. The molecule has 0 bridgehead atoms. The van der Waals surface area contributed by atoms with E-state index in [1.165, 1.54) is 23.3 Å². The van der Waals surface area contributed by atoms with Crippen LogP contribution in [-0.2, 0) is 9.63 Å². The number of rotatable bonds is 3. The number of aryl methyl sites for hydroxylation is 1. The van der Waals surface area contributed by atoms with Gasteiger partial charge in [-0.3, -0.25) is 9.63 Å². The number of hydrogen-bond acceptors (Lipinski definition) is 2. The molecule has 3 heteroatoms. The first-order valence-electron chi connectivity index (χ1n) is 5.51. The zero-order valence-electron chi connectivity index (χ0n) is 9.93. The van der Waals surface area contributed by atoms with Gasteiger partial charge in [0.25, 0.3) is 0 Å². The largest absolute Gasteiger partial charge is 0.275 e. The van der Waals surface area contributed by atoms with Gasteiger partial charge in [0.1, 0.15) is 0 Å². The maximum atomic E-state index is 11.8. The molecule has 1 aliphatic carbocycles. The van der Waals surface area contributed by atoms with E-state index in [9.17, 15) is 4.79 Å². The van der Waals surface area contributed by atoms with Crippen molar-refractivity contribution in [2.75, 3.05) is 14.2 Å². The summed E-state index contributed by atoms with van der Waals surface area (Å²) in [6.07, 6.45) is 0.940. The fraction of sp³-hybridized carbons (Fsp3) is 0.462. The first-order valence-corrected chi connectivity index (χ1v) is 5.51. The Morgan fingerprint density at radius 2 is 2.00 bits per heavy atom. The minimum atomic E-state index is 0.0769. The molecule has 1 saturated carbocycles. The SMILES string of the molecule is CON(C)C(=O)C1CC1c1ccc(C)cc1. The molecule has 2 rings (SSSR count). The average molecular weight is 219 g/mol. The summed E-state index contributed by atoms with van der Waals surface area (Å²) in [5.74, 6) is 0.562. The number of carbonyl (C=O) groups is 1. The standard InChI is InChI=1S/C13H17NO2/c1-9-4-6-10(7-5-9)11-8-12(11)13(15)14(2)16-3/h4-7,11-12H,8H2,1-3H3. The normalized spacial score (nSPS) is 22.9. The first kappa shape index (κ1) is 11.1. The fourth-order valence-electron chi connectivity index (χ4n) is 1.97. The fourth-order valence-corrected chi connectivity index (χ4v) is 1.97. The molecule has 0 N–H and O–H groups in total. The van der Waals surface area contributed by atoms with E-state index in [2.05, 4.69) is 31.2 Å². The molecule has 1 aromatic carbocycles. The maximum Gasteiger partial charge on any atom is 0.249 e. The number of amides is 1. The van der Waals surface area contributed by atoms with Gasteiger partial charge in [0, 0.05) is 13.0 Å². The van der Waals surface area contributed by atoms with Crippen molar-refractivity contribution >= 4 is 5.91 Å². The lowest BCUT2D eigenvalue weighted by Gasteiger charge is -2.13. The van der Waals surface area contributed by atoms with Crippen molar-refractivity contribution in [3.63, 3.8) is 0 Å². The van der Waals surface area contributed by atoms with Crippen molar-refractivity contribution in [1.82, 2.24) is 5.06 Å². The molecule has 1 aromatic rings. The van der Waals surface area contributed by atoms with E-state index in [1.54, 1.807) is 7.05 Å². The number of nitrogens with zero attached hydrogens (tertiary/aromatic N) is 1. The molecule has 0 aromatic heterocycles. The molecule has 2 atom stereocenters. The van der Waals surface area contributed by atoms with Crippen molar-refractivity contribution in [2.24, 2.45) is 5.92 Å². The molecule has 0 aliphatic heterocycles. The molecule has 0 spiro atoms. The van der Waals surface area contributed by atoms with E-state index in [-0.39, 0.29) is 11.8 Å². The van der Waals surface area contributed by atoms with Crippen molar-refractivity contribution in [2.45, 2.75) is 19.3 Å². The van der Waals surface area contributed by atoms with Gasteiger partial charge in [-0.15, -0.1) is 0 Å². The van der Waals surface area contributed by atoms with Gasteiger partial charge >= 0.3 is 0 Å². The van der Waals surface area contributed by atoms with Gasteiger partial charge in [-0.2, -0.15) is 0 Å². The van der Waals surface area contributed by atoms with Crippen LogP contribution in [0.2, 0.25) is 0 Å². The Kier molecular flexibility index (Phi) is 2.97. The van der Waals surface area contributed by atoms with Crippen LogP contribution in [0.15, 0.2) is 24.3 Å². The number of carbonyl (C=O) groups excluding carboxylic acids is 1. The topological polar surface area (TPSA) is 29.5 Å². The summed E-state index contributed by atoms with van der Waals surface area (Å²) in [4.78, 5) is 16.7. The second kappa shape index (κ2) is 4.26. The van der Waals surface area contributed by atoms with E-state index < -0.39 is 0 Å². The third kappa shape index (κ3) is 2.09. The quantitative estimate of drug-likeness (QED) is 0.729. The Balaban J connectivity index is 2.01. The second-order valence-corrected chi connectivity index (χ2v) is 4.38. The van der Waals surface area contributed by atoms with Crippen LogP contribution in [0.1, 0.15) is 23.5 Å². The zero-order chi connectivity index (χ0) is 11.7. The lowest BCUT2D eigenvalue weighted by molar-refractivity contribution is -0.170. The Morgan fingerprint density at radius 1 is 1.38 bits per heavy atom. The molecule has 3 nitrogen and oxygen atoms in total. The van der Waals surface area contributed by atoms with Crippen LogP contribution in [0, 0.1) is 12.8 Å². The van der Waals surface area contributed by atoms with Gasteiger partial charge < -0.3 is 0 Å². The molecular weight excluding hydrogens is 202 g/mol. The molecule has 16 heavy (non-hydrogen) atoms. The molecule has 1 fully saturated rings. The lowest BCUT2D eigenvalue weighted by Crippen LogP contribution is -2.27. The zero-order valence-corrected chi connectivity index (χ0v) is 9.93. The smallest absolute Gasteiger partial charge is 0.249 e. The van der Waals surface area contributed by atoms with Crippen LogP contribution in [-0.4, -0.2) is 25.1 Å². The Hall–Kier alpha value is -1.35. The highest BCUT2D eigenvalue weighted by Gasteiger charge is 2.45. The second-order valence-electron chi connectivity index (χ2n) is 4.38. The number of benzene rings is 1. The van der Waals surface area contributed by atoms with E-state index in [4.69, 9.17) is 4.84 Å². The van der Waals surface area contributed by atoms with Gasteiger partial charge in [0.05, 0.1) is 7.11 Å². The predicted molar refractivity (Wildman–Crippen MR) is 61.8 cm³/mol. The highest BCUT2D eigenvalue weighted by atomic mass is 16.7. The van der Waals surface area contributed by atoms with Gasteiger partial charge in [0.2, 0.25) is 5.91 Å². The molecule has 86 valence electrons. The third-order valence-electron chi connectivity index (χ3n) is 3.20. The summed E-state index contributed by atoms with van der Waals surface area (Å²) in [7, 11) is 3.17. The van der Waals surface area contributed by atoms with E-state index in [0.29, 0.717) is 5.92 Å². The third-order valence-corrected chi connectivity index (χ3v) is 3.20. The monoisotopic (exact) mass is 219 g/mol. The van der Waals surface area contributed by atoms with Crippen LogP contribution in [0.3, 0.4) is 0 Å². The van der Waals surface area contributed by atoms with E-state index in [1.807, 2.05) is 0 Å². The average Bonchev–Trinajstić information content (AvgIpc) is 3.08. The van der Waals surface area contributed by atoms with Crippen LogP contribution in [0.25, 0.3) is 0 Å². The molecule has 0 radical (unpaired) electrons. The van der Waals surface area contributed by atoms with Gasteiger partial charge in [-0.05, 0) is 24.8 Å². The summed E-state index contributed by atoms with van der Waals surface area (Å²) in [6, 6.07) is 8.41. The molecular formula is C13H17NO2. The van der Waals surface area contributed by atoms with Crippen molar-refractivity contribution in [3.05, 3.63) is 35.4 Å². The molecule has 0 heterocycles. The Labute approximate surface area is 96.0 Å². The molecule has 0 saturated heterocycles. The van der Waals surface area contributed by atoms with Crippen LogP contribution in [0.5, 0.6) is 0 Å². The van der Waals surface area contributed by atoms with Gasteiger partial charge in [-0.1, -0.05) is 29.8 Å². The maximum absolute atomic E-state index is 11.8. The van der Waals surface area contributed by atoms with Crippen LogP contribution in [0.4, 0.5) is 0 Å². The summed E-state index contributed by atoms with van der Waals surface area (Å²) < 4.78 is 0. The van der Waals surface area contributed by atoms with Crippen molar-refractivity contribution < 1.29 is 9.63 Å². The Bertz CT molecular complexity index is 385. The molecule has 1 aliphatic rings. The summed E-state index contributed by atoms with van der Waals surface area (Å²) in [5, 5.41) is 1.32. The number of hydroxylamine groups is 2. The number of hydrogen-bond donors (Lipinski definition) is 0. The first-order chi connectivity index (χ1) is 7.63. The summed E-state index contributed by atoms with van der Waals surface area (Å²) >= 11 is 0.